The molecule has 1 amide bonds. The second kappa shape index (κ2) is 5.61. The Bertz CT molecular complexity index is 703. The number of aromatic nitrogens is 3. The number of piperidine rings is 1. The predicted octanol–water partition coefficient (Wildman–Crippen LogP) is 1.65. The van der Waals surface area contributed by atoms with Gasteiger partial charge in [-0.1, -0.05) is 6.07 Å². The molecular formula is C17H19N5O. The van der Waals surface area contributed by atoms with Crippen LogP contribution in [-0.2, 0) is 4.79 Å². The highest BCUT2D eigenvalue weighted by molar-refractivity contribution is 5.85. The molecule has 0 saturated carbocycles. The summed E-state index contributed by atoms with van der Waals surface area (Å²) in [6.45, 7) is 2.40. The lowest BCUT2D eigenvalue weighted by Crippen LogP contribution is -2.47. The van der Waals surface area contributed by atoms with E-state index >= 15 is 0 Å². The fourth-order valence-corrected chi connectivity index (χ4v) is 3.58. The highest BCUT2D eigenvalue weighted by Crippen LogP contribution is 2.37. The van der Waals surface area contributed by atoms with Gasteiger partial charge in [-0.25, -0.2) is 9.97 Å². The number of carbonyl (C=O) groups is 1. The summed E-state index contributed by atoms with van der Waals surface area (Å²) < 4.78 is 0. The average Bonchev–Trinajstić information content (AvgIpc) is 2.96. The van der Waals surface area contributed by atoms with Crippen molar-refractivity contribution in [1.29, 1.82) is 0 Å². The second-order valence-electron chi connectivity index (χ2n) is 6.32. The number of amides is 1. The first-order valence-corrected chi connectivity index (χ1v) is 8.03. The van der Waals surface area contributed by atoms with E-state index in [0.717, 1.165) is 43.5 Å². The van der Waals surface area contributed by atoms with Crippen molar-refractivity contribution in [1.82, 2.24) is 20.3 Å². The Hall–Kier alpha value is -2.50. The molecule has 4 heterocycles. The van der Waals surface area contributed by atoms with Crippen LogP contribution in [0.3, 0.4) is 0 Å². The number of anilines is 1. The molecule has 0 aromatic carbocycles. The van der Waals surface area contributed by atoms with Crippen LogP contribution in [0.1, 0.15) is 19.3 Å². The standard InChI is InChI=1S/C17H19N5O/c23-15-17(5-7-19-15)4-2-8-22(12-17)16-20-10-14(11-21-16)13-3-1-6-18-9-13/h1,3,6,9-11H,2,4-5,7-8,12H2,(H,19,23). The van der Waals surface area contributed by atoms with Gasteiger partial charge in [0, 0.05) is 55.5 Å². The van der Waals surface area contributed by atoms with Crippen LogP contribution in [0.5, 0.6) is 0 Å². The van der Waals surface area contributed by atoms with Crippen molar-refractivity contribution in [3.05, 3.63) is 36.9 Å². The topological polar surface area (TPSA) is 71.0 Å². The first-order chi connectivity index (χ1) is 11.3. The lowest BCUT2D eigenvalue weighted by atomic mass is 9.78. The van der Waals surface area contributed by atoms with E-state index in [1.165, 1.54) is 0 Å². The van der Waals surface area contributed by atoms with Crippen LogP contribution in [0, 0.1) is 5.41 Å². The fraction of sp³-hybridized carbons (Fsp3) is 0.412. The Balaban J connectivity index is 1.55. The summed E-state index contributed by atoms with van der Waals surface area (Å²) in [5.41, 5.74) is 1.71. The summed E-state index contributed by atoms with van der Waals surface area (Å²) in [7, 11) is 0. The zero-order valence-corrected chi connectivity index (χ0v) is 12.9. The monoisotopic (exact) mass is 309 g/mol. The van der Waals surface area contributed by atoms with Gasteiger partial charge in [-0.3, -0.25) is 9.78 Å². The number of pyridine rings is 1. The minimum absolute atomic E-state index is 0.189. The third-order valence-electron chi connectivity index (χ3n) is 4.86. The molecule has 1 spiro atoms. The van der Waals surface area contributed by atoms with Gasteiger partial charge < -0.3 is 10.2 Å². The van der Waals surface area contributed by atoms with Gasteiger partial charge in [-0.05, 0) is 25.3 Å². The van der Waals surface area contributed by atoms with E-state index in [0.29, 0.717) is 12.5 Å². The smallest absolute Gasteiger partial charge is 0.228 e. The zero-order valence-electron chi connectivity index (χ0n) is 12.9. The van der Waals surface area contributed by atoms with Crippen molar-refractivity contribution >= 4 is 11.9 Å². The van der Waals surface area contributed by atoms with Gasteiger partial charge >= 0.3 is 0 Å². The molecule has 6 heteroatoms. The van der Waals surface area contributed by atoms with Crippen LogP contribution < -0.4 is 10.2 Å². The average molecular weight is 309 g/mol. The summed E-state index contributed by atoms with van der Waals surface area (Å²) >= 11 is 0. The van der Waals surface area contributed by atoms with Gasteiger partial charge in [-0.2, -0.15) is 0 Å². The minimum Gasteiger partial charge on any atom is -0.356 e. The molecule has 2 aliphatic heterocycles. The Kier molecular flexibility index (Phi) is 3.44. The highest BCUT2D eigenvalue weighted by atomic mass is 16.2. The second-order valence-corrected chi connectivity index (χ2v) is 6.32. The van der Waals surface area contributed by atoms with Crippen LogP contribution in [-0.4, -0.2) is 40.5 Å². The summed E-state index contributed by atoms with van der Waals surface area (Å²) in [5, 5.41) is 2.97. The lowest BCUT2D eigenvalue weighted by molar-refractivity contribution is -0.128. The number of nitrogens with one attached hydrogen (secondary N) is 1. The Morgan fingerprint density at radius 3 is 2.70 bits per heavy atom. The van der Waals surface area contributed by atoms with Crippen molar-refractivity contribution in [3.63, 3.8) is 0 Å². The maximum atomic E-state index is 12.2. The van der Waals surface area contributed by atoms with E-state index in [1.54, 1.807) is 12.4 Å². The van der Waals surface area contributed by atoms with E-state index in [4.69, 9.17) is 0 Å². The molecule has 118 valence electrons. The Labute approximate surface area is 135 Å². The summed E-state index contributed by atoms with van der Waals surface area (Å²) in [6.07, 6.45) is 10.1. The molecule has 1 unspecified atom stereocenters. The molecule has 2 fully saturated rings. The molecule has 2 aliphatic rings. The van der Waals surface area contributed by atoms with Gasteiger partial charge in [0.25, 0.3) is 0 Å². The van der Waals surface area contributed by atoms with E-state index < -0.39 is 0 Å². The van der Waals surface area contributed by atoms with Crippen molar-refractivity contribution in [2.45, 2.75) is 19.3 Å². The van der Waals surface area contributed by atoms with Crippen LogP contribution in [0.2, 0.25) is 0 Å². The maximum Gasteiger partial charge on any atom is 0.228 e. The highest BCUT2D eigenvalue weighted by Gasteiger charge is 2.45. The number of carbonyl (C=O) groups excluding carboxylic acids is 1. The van der Waals surface area contributed by atoms with Gasteiger partial charge in [0.05, 0.1) is 5.41 Å². The van der Waals surface area contributed by atoms with E-state index in [-0.39, 0.29) is 11.3 Å². The van der Waals surface area contributed by atoms with Gasteiger partial charge in [-0.15, -0.1) is 0 Å². The van der Waals surface area contributed by atoms with Crippen molar-refractivity contribution in [2.75, 3.05) is 24.5 Å². The largest absolute Gasteiger partial charge is 0.356 e. The SMILES string of the molecule is O=C1NCCC12CCCN(c1ncc(-c3cccnc3)cn1)C2. The van der Waals surface area contributed by atoms with Crippen molar-refractivity contribution in [3.8, 4) is 11.1 Å². The third kappa shape index (κ3) is 2.54. The van der Waals surface area contributed by atoms with E-state index in [1.807, 2.05) is 24.5 Å². The fourth-order valence-electron chi connectivity index (χ4n) is 3.58. The van der Waals surface area contributed by atoms with Crippen LogP contribution in [0.25, 0.3) is 11.1 Å². The van der Waals surface area contributed by atoms with Gasteiger partial charge in [0.2, 0.25) is 11.9 Å². The van der Waals surface area contributed by atoms with Crippen molar-refractivity contribution in [2.24, 2.45) is 5.41 Å². The lowest BCUT2D eigenvalue weighted by Gasteiger charge is -2.38. The van der Waals surface area contributed by atoms with Gasteiger partial charge in [0.1, 0.15) is 0 Å². The van der Waals surface area contributed by atoms with E-state index in [2.05, 4.69) is 25.2 Å². The molecule has 0 aliphatic carbocycles. The molecule has 2 saturated heterocycles. The normalized spacial score (nSPS) is 24.0. The molecule has 0 radical (unpaired) electrons. The Morgan fingerprint density at radius 1 is 1.13 bits per heavy atom. The first kappa shape index (κ1) is 14.1. The summed E-state index contributed by atoms with van der Waals surface area (Å²) in [4.78, 5) is 27.5. The Morgan fingerprint density at radius 2 is 2.00 bits per heavy atom. The number of nitrogens with zero attached hydrogens (tertiary/aromatic N) is 4. The van der Waals surface area contributed by atoms with Crippen LogP contribution >= 0.6 is 0 Å². The van der Waals surface area contributed by atoms with Crippen LogP contribution in [0.4, 0.5) is 5.95 Å². The molecule has 2 aromatic rings. The molecule has 6 nitrogen and oxygen atoms in total. The first-order valence-electron chi connectivity index (χ1n) is 8.03. The molecular weight excluding hydrogens is 290 g/mol. The summed E-state index contributed by atoms with van der Waals surface area (Å²) in [5.74, 6) is 0.894. The maximum absolute atomic E-state index is 12.2. The molecule has 4 rings (SSSR count). The quantitative estimate of drug-likeness (QED) is 0.913. The molecule has 2 aromatic heterocycles. The number of rotatable bonds is 2. The van der Waals surface area contributed by atoms with Crippen molar-refractivity contribution < 1.29 is 4.79 Å². The molecule has 1 N–H and O–H groups in total. The molecule has 1 atom stereocenters. The number of hydrogen-bond acceptors (Lipinski definition) is 5. The van der Waals surface area contributed by atoms with Crippen LogP contribution in [0.15, 0.2) is 36.9 Å². The molecule has 0 bridgehead atoms. The zero-order chi connectivity index (χ0) is 15.7. The predicted molar refractivity (Wildman–Crippen MR) is 86.8 cm³/mol. The number of hydrogen-bond donors (Lipinski definition) is 1. The summed E-state index contributed by atoms with van der Waals surface area (Å²) in [6, 6.07) is 3.89. The minimum atomic E-state index is -0.246. The van der Waals surface area contributed by atoms with E-state index in [9.17, 15) is 4.79 Å². The van der Waals surface area contributed by atoms with Gasteiger partial charge in [0.15, 0.2) is 0 Å². The third-order valence-corrected chi connectivity index (χ3v) is 4.86. The molecule has 23 heavy (non-hydrogen) atoms.